The van der Waals surface area contributed by atoms with E-state index < -0.39 is 42.5 Å². The summed E-state index contributed by atoms with van der Waals surface area (Å²) in [4.78, 5) is 25.4. The fraction of sp³-hybridized carbons (Fsp3) is 0.579. The number of carbonyl (C=O) groups excluding carboxylic acids is 2. The number of benzene rings is 1. The molecule has 170 valence electrons. The lowest BCUT2D eigenvalue weighted by atomic mass is 10.2. The van der Waals surface area contributed by atoms with E-state index in [0.29, 0.717) is 16.7 Å². The summed E-state index contributed by atoms with van der Waals surface area (Å²) in [5, 5.41) is 1.39. The highest BCUT2D eigenvalue weighted by Crippen LogP contribution is 2.63. The van der Waals surface area contributed by atoms with E-state index in [-0.39, 0.29) is 13.2 Å². The first-order valence-corrected chi connectivity index (χ1v) is 11.7. The van der Waals surface area contributed by atoms with Crippen LogP contribution in [0.1, 0.15) is 41.0 Å². The first-order valence-electron chi connectivity index (χ1n) is 9.37. The van der Waals surface area contributed by atoms with Gasteiger partial charge in [0.05, 0.1) is 19.6 Å². The molecule has 0 aliphatic rings. The quantitative estimate of drug-likeness (QED) is 0.362. The molecule has 1 amide bonds. The Labute approximate surface area is 179 Å². The molecule has 0 spiro atoms. The van der Waals surface area contributed by atoms with Crippen molar-refractivity contribution in [1.82, 2.24) is 5.32 Å². The largest absolute Gasteiger partial charge is 0.444 e. The third kappa shape index (κ3) is 8.34. The van der Waals surface area contributed by atoms with Crippen molar-refractivity contribution in [3.63, 3.8) is 0 Å². The van der Waals surface area contributed by atoms with Crippen LogP contribution in [0.2, 0.25) is 0 Å². The van der Waals surface area contributed by atoms with Gasteiger partial charge in [-0.25, -0.2) is 4.79 Å². The standard InChI is InChI=1S/C19H28F2NO6PS/c1-6-26-29(25,27-7-2)19(20,21)13-15(22-17(24)28-18(3,4)5)16(23)30-14-11-9-8-10-12-14/h8-12,15H,6-7,13H2,1-5H3,(H,22,24)/t15-/m1/s1. The van der Waals surface area contributed by atoms with Crippen molar-refractivity contribution in [3.05, 3.63) is 30.3 Å². The summed E-state index contributed by atoms with van der Waals surface area (Å²) in [6.07, 6.45) is -2.32. The van der Waals surface area contributed by atoms with Crippen LogP contribution in [0.5, 0.6) is 0 Å². The van der Waals surface area contributed by atoms with Gasteiger partial charge in [0.2, 0.25) is 5.12 Å². The Bertz CT molecular complexity index is 747. The summed E-state index contributed by atoms with van der Waals surface area (Å²) >= 11 is 0.676. The molecule has 7 nitrogen and oxygen atoms in total. The van der Waals surface area contributed by atoms with Gasteiger partial charge in [0.25, 0.3) is 0 Å². The molecule has 30 heavy (non-hydrogen) atoms. The molecule has 0 unspecified atom stereocenters. The average Bonchev–Trinajstić information content (AvgIpc) is 2.60. The van der Waals surface area contributed by atoms with E-state index >= 15 is 0 Å². The minimum atomic E-state index is -4.87. The molecule has 1 aromatic carbocycles. The lowest BCUT2D eigenvalue weighted by Crippen LogP contribution is -2.45. The third-order valence-electron chi connectivity index (χ3n) is 3.39. The van der Waals surface area contributed by atoms with Gasteiger partial charge in [-0.05, 0) is 58.5 Å². The lowest BCUT2D eigenvalue weighted by Gasteiger charge is -2.29. The predicted molar refractivity (Wildman–Crippen MR) is 111 cm³/mol. The highest BCUT2D eigenvalue weighted by Gasteiger charge is 2.55. The van der Waals surface area contributed by atoms with Crippen LogP contribution in [0.25, 0.3) is 0 Å². The van der Waals surface area contributed by atoms with E-state index in [1.165, 1.54) is 13.8 Å². The fourth-order valence-electron chi connectivity index (χ4n) is 2.24. The van der Waals surface area contributed by atoms with Gasteiger partial charge in [0, 0.05) is 4.90 Å². The number of nitrogens with one attached hydrogen (secondary N) is 1. The molecular weight excluding hydrogens is 439 g/mol. The van der Waals surface area contributed by atoms with E-state index in [9.17, 15) is 22.9 Å². The van der Waals surface area contributed by atoms with E-state index in [4.69, 9.17) is 13.8 Å². The minimum absolute atomic E-state index is 0.274. The normalized spacial score (nSPS) is 13.6. The number of halogens is 2. The van der Waals surface area contributed by atoms with Crippen LogP contribution in [0.4, 0.5) is 13.6 Å². The van der Waals surface area contributed by atoms with Crippen LogP contribution in [0.15, 0.2) is 35.2 Å². The first-order chi connectivity index (χ1) is 13.8. The summed E-state index contributed by atoms with van der Waals surface area (Å²) in [5.74, 6) is 0. The van der Waals surface area contributed by atoms with Gasteiger partial charge < -0.3 is 19.1 Å². The summed E-state index contributed by atoms with van der Waals surface area (Å²) in [7, 11) is -4.87. The molecule has 0 fully saturated rings. The van der Waals surface area contributed by atoms with Crippen LogP contribution in [-0.4, -0.2) is 41.7 Å². The van der Waals surface area contributed by atoms with Crippen LogP contribution in [0.3, 0.4) is 0 Å². The Kier molecular flexibility index (Phi) is 9.94. The first kappa shape index (κ1) is 26.6. The van der Waals surface area contributed by atoms with Gasteiger partial charge in [-0.1, -0.05) is 18.2 Å². The van der Waals surface area contributed by atoms with Crippen molar-refractivity contribution in [1.29, 1.82) is 0 Å². The van der Waals surface area contributed by atoms with Gasteiger partial charge in [-0.15, -0.1) is 0 Å². The van der Waals surface area contributed by atoms with Crippen molar-refractivity contribution in [2.45, 2.75) is 63.2 Å². The molecular formula is C19H28F2NO6PS. The van der Waals surface area contributed by atoms with E-state index in [1.807, 2.05) is 0 Å². The molecule has 0 aliphatic carbocycles. The number of thioether (sulfide) groups is 1. The SMILES string of the molecule is CCOP(=O)(OCC)C(F)(F)C[C@@H](NC(=O)OC(C)(C)C)C(=O)Sc1ccccc1. The smallest absolute Gasteiger partial charge is 0.408 e. The number of amides is 1. The summed E-state index contributed by atoms with van der Waals surface area (Å²) in [6, 6.07) is 6.64. The van der Waals surface area contributed by atoms with Crippen molar-refractivity contribution >= 4 is 30.6 Å². The van der Waals surface area contributed by atoms with Crippen LogP contribution < -0.4 is 5.32 Å². The molecule has 0 radical (unpaired) electrons. The van der Waals surface area contributed by atoms with Gasteiger partial charge in [0.15, 0.2) is 0 Å². The highest BCUT2D eigenvalue weighted by molar-refractivity contribution is 8.13. The fourth-order valence-corrected chi connectivity index (χ4v) is 4.59. The second-order valence-corrected chi connectivity index (χ2v) is 10.4. The average molecular weight is 467 g/mol. The molecule has 0 aliphatic heterocycles. The summed E-state index contributed by atoms with van der Waals surface area (Å²) < 4.78 is 57.0. The molecule has 1 aromatic rings. The number of ether oxygens (including phenoxy) is 1. The molecule has 0 aromatic heterocycles. The van der Waals surface area contributed by atoms with Crippen molar-refractivity contribution < 1.29 is 36.7 Å². The molecule has 11 heteroatoms. The van der Waals surface area contributed by atoms with Gasteiger partial charge in [0.1, 0.15) is 11.6 Å². The third-order valence-corrected chi connectivity index (χ3v) is 6.56. The molecule has 0 bridgehead atoms. The molecule has 1 atom stereocenters. The maximum Gasteiger partial charge on any atom is 0.408 e. The number of alkyl halides is 2. The lowest BCUT2D eigenvalue weighted by molar-refractivity contribution is -0.114. The number of hydrogen-bond acceptors (Lipinski definition) is 7. The van der Waals surface area contributed by atoms with E-state index in [1.54, 1.807) is 51.1 Å². The zero-order chi connectivity index (χ0) is 23.0. The van der Waals surface area contributed by atoms with Crippen molar-refractivity contribution in [2.24, 2.45) is 0 Å². The second-order valence-electron chi connectivity index (χ2n) is 7.14. The Balaban J connectivity index is 3.13. The Morgan fingerprint density at radius 2 is 1.63 bits per heavy atom. The van der Waals surface area contributed by atoms with Crippen LogP contribution >= 0.6 is 19.4 Å². The number of carbonyl (C=O) groups is 2. The van der Waals surface area contributed by atoms with Crippen molar-refractivity contribution in [2.75, 3.05) is 13.2 Å². The van der Waals surface area contributed by atoms with Crippen LogP contribution in [0, 0.1) is 0 Å². The minimum Gasteiger partial charge on any atom is -0.444 e. The monoisotopic (exact) mass is 467 g/mol. The predicted octanol–water partition coefficient (Wildman–Crippen LogP) is 5.45. The van der Waals surface area contributed by atoms with Crippen molar-refractivity contribution in [3.8, 4) is 0 Å². The van der Waals surface area contributed by atoms with Gasteiger partial charge in [-0.2, -0.15) is 8.78 Å². The molecule has 0 saturated carbocycles. The Morgan fingerprint density at radius 3 is 2.10 bits per heavy atom. The molecule has 0 saturated heterocycles. The zero-order valence-corrected chi connectivity index (χ0v) is 19.4. The number of alkyl carbamates (subject to hydrolysis) is 1. The van der Waals surface area contributed by atoms with E-state index in [0.717, 1.165) is 0 Å². The zero-order valence-electron chi connectivity index (χ0n) is 17.6. The summed E-state index contributed by atoms with van der Waals surface area (Å²) in [5.41, 5.74) is -4.93. The van der Waals surface area contributed by atoms with Gasteiger partial charge in [-0.3, -0.25) is 9.36 Å². The molecule has 1 N–H and O–H groups in total. The highest BCUT2D eigenvalue weighted by atomic mass is 32.2. The molecule has 0 heterocycles. The number of hydrogen-bond donors (Lipinski definition) is 1. The van der Waals surface area contributed by atoms with E-state index in [2.05, 4.69) is 5.32 Å². The number of rotatable bonds is 10. The van der Waals surface area contributed by atoms with Crippen LogP contribution in [-0.2, 0) is 23.1 Å². The Morgan fingerprint density at radius 1 is 1.10 bits per heavy atom. The summed E-state index contributed by atoms with van der Waals surface area (Å²) in [6.45, 7) is 7.02. The second kappa shape index (κ2) is 11.2. The molecule has 1 rings (SSSR count). The topological polar surface area (TPSA) is 90.9 Å². The maximum absolute atomic E-state index is 14.9. The Hall–Kier alpha value is -1.48. The maximum atomic E-state index is 14.9. The van der Waals surface area contributed by atoms with Gasteiger partial charge >= 0.3 is 19.4 Å².